The molecular weight excluding hydrogens is 368 g/mol. The SMILES string of the molecule is O=C(NNc1cccc(F)c1)c1ccc(=O)n(CCOc2ccc(F)cc2)c1. The van der Waals surface area contributed by atoms with E-state index in [1.807, 2.05) is 0 Å². The van der Waals surface area contributed by atoms with Crippen molar-refractivity contribution in [2.24, 2.45) is 0 Å². The number of carbonyl (C=O) groups is 1. The molecule has 8 heteroatoms. The van der Waals surface area contributed by atoms with Crippen LogP contribution in [0.1, 0.15) is 10.4 Å². The minimum Gasteiger partial charge on any atom is -0.492 e. The van der Waals surface area contributed by atoms with Crippen LogP contribution in [0.5, 0.6) is 5.75 Å². The lowest BCUT2D eigenvalue weighted by atomic mass is 10.2. The van der Waals surface area contributed by atoms with E-state index >= 15 is 0 Å². The second-order valence-electron chi connectivity index (χ2n) is 5.84. The average molecular weight is 385 g/mol. The highest BCUT2D eigenvalue weighted by Gasteiger charge is 2.08. The molecule has 0 radical (unpaired) electrons. The number of hydrogen-bond donors (Lipinski definition) is 2. The summed E-state index contributed by atoms with van der Waals surface area (Å²) < 4.78 is 32.8. The number of pyridine rings is 1. The van der Waals surface area contributed by atoms with Gasteiger partial charge in [0.05, 0.1) is 17.8 Å². The zero-order valence-corrected chi connectivity index (χ0v) is 14.7. The molecule has 0 saturated carbocycles. The van der Waals surface area contributed by atoms with Crippen LogP contribution in [0.4, 0.5) is 14.5 Å². The summed E-state index contributed by atoms with van der Waals surface area (Å²) in [6, 6.07) is 13.8. The molecular formula is C20H17F2N3O3. The average Bonchev–Trinajstić information content (AvgIpc) is 2.69. The monoisotopic (exact) mass is 385 g/mol. The van der Waals surface area contributed by atoms with Crippen LogP contribution in [0.15, 0.2) is 71.7 Å². The maximum Gasteiger partial charge on any atom is 0.271 e. The lowest BCUT2D eigenvalue weighted by molar-refractivity contribution is 0.0961. The molecule has 144 valence electrons. The number of halogens is 2. The Labute approximate surface area is 159 Å². The zero-order chi connectivity index (χ0) is 19.9. The first kappa shape index (κ1) is 19.1. The summed E-state index contributed by atoms with van der Waals surface area (Å²) in [6.45, 7) is 0.368. The molecule has 28 heavy (non-hydrogen) atoms. The van der Waals surface area contributed by atoms with Crippen LogP contribution < -0.4 is 21.1 Å². The molecule has 3 aromatic rings. The third-order valence-corrected chi connectivity index (χ3v) is 3.81. The highest BCUT2D eigenvalue weighted by atomic mass is 19.1. The van der Waals surface area contributed by atoms with Crippen LogP contribution in [0.25, 0.3) is 0 Å². The molecule has 1 aromatic heterocycles. The molecule has 2 N–H and O–H groups in total. The number of anilines is 1. The van der Waals surface area contributed by atoms with Crippen LogP contribution in [0.3, 0.4) is 0 Å². The van der Waals surface area contributed by atoms with Crippen molar-refractivity contribution in [2.45, 2.75) is 6.54 Å². The molecule has 0 saturated heterocycles. The Morgan fingerprint density at radius 2 is 1.79 bits per heavy atom. The Balaban J connectivity index is 1.59. The number of carbonyl (C=O) groups excluding carboxylic acids is 1. The molecule has 6 nitrogen and oxygen atoms in total. The van der Waals surface area contributed by atoms with Gasteiger partial charge in [0, 0.05) is 12.3 Å². The predicted octanol–water partition coefficient (Wildman–Crippen LogP) is 2.96. The van der Waals surface area contributed by atoms with Gasteiger partial charge in [0.25, 0.3) is 11.5 Å². The topological polar surface area (TPSA) is 72.4 Å². The van der Waals surface area contributed by atoms with E-state index in [4.69, 9.17) is 4.74 Å². The van der Waals surface area contributed by atoms with Crippen molar-refractivity contribution < 1.29 is 18.3 Å². The minimum absolute atomic E-state index is 0.165. The van der Waals surface area contributed by atoms with Crippen LogP contribution in [0, 0.1) is 11.6 Å². The van der Waals surface area contributed by atoms with Crippen LogP contribution in [-0.2, 0) is 6.54 Å². The molecule has 1 amide bonds. The normalized spacial score (nSPS) is 10.4. The Morgan fingerprint density at radius 3 is 2.54 bits per heavy atom. The van der Waals surface area contributed by atoms with E-state index in [9.17, 15) is 18.4 Å². The fraction of sp³-hybridized carbons (Fsp3) is 0.100. The van der Waals surface area contributed by atoms with Gasteiger partial charge in [0.2, 0.25) is 0 Å². The van der Waals surface area contributed by atoms with Gasteiger partial charge in [-0.3, -0.25) is 20.4 Å². The van der Waals surface area contributed by atoms with Crippen LogP contribution in [0.2, 0.25) is 0 Å². The number of aromatic nitrogens is 1. The van der Waals surface area contributed by atoms with E-state index in [0.717, 1.165) is 0 Å². The molecule has 0 aliphatic heterocycles. The van der Waals surface area contributed by atoms with Gasteiger partial charge in [-0.15, -0.1) is 0 Å². The molecule has 0 aliphatic carbocycles. The molecule has 0 fully saturated rings. The molecule has 3 rings (SSSR count). The number of benzene rings is 2. The molecule has 0 atom stereocenters. The Kier molecular flexibility index (Phi) is 6.01. The van der Waals surface area contributed by atoms with Gasteiger partial charge >= 0.3 is 0 Å². The zero-order valence-electron chi connectivity index (χ0n) is 14.7. The first-order valence-electron chi connectivity index (χ1n) is 8.42. The van der Waals surface area contributed by atoms with Crippen molar-refractivity contribution in [3.63, 3.8) is 0 Å². The summed E-state index contributed by atoms with van der Waals surface area (Å²) in [5.41, 5.74) is 5.37. The first-order chi connectivity index (χ1) is 13.5. The standard InChI is InChI=1S/C20H17F2N3O3/c21-15-5-7-18(8-6-15)28-11-10-25-13-14(4-9-19(25)26)20(27)24-23-17-3-1-2-16(22)12-17/h1-9,12-13,23H,10-11H2,(H,24,27). The van der Waals surface area contributed by atoms with E-state index in [1.165, 1.54) is 65.4 Å². The number of nitrogens with zero attached hydrogens (tertiary/aromatic N) is 1. The van der Waals surface area contributed by atoms with Gasteiger partial charge in [-0.25, -0.2) is 8.78 Å². The largest absolute Gasteiger partial charge is 0.492 e. The van der Waals surface area contributed by atoms with Gasteiger partial charge < -0.3 is 9.30 Å². The molecule has 0 bridgehead atoms. The van der Waals surface area contributed by atoms with Crippen molar-refractivity contribution >= 4 is 11.6 Å². The summed E-state index contributed by atoms with van der Waals surface area (Å²) in [6.07, 6.45) is 1.40. The molecule has 0 spiro atoms. The second kappa shape index (κ2) is 8.81. The quantitative estimate of drug-likeness (QED) is 0.614. The number of hydrazine groups is 1. The first-order valence-corrected chi connectivity index (χ1v) is 8.42. The number of nitrogens with one attached hydrogen (secondary N) is 2. The van der Waals surface area contributed by atoms with Gasteiger partial charge in [-0.1, -0.05) is 6.07 Å². The van der Waals surface area contributed by atoms with Crippen LogP contribution in [-0.4, -0.2) is 17.1 Å². The van der Waals surface area contributed by atoms with E-state index < -0.39 is 11.7 Å². The summed E-state index contributed by atoms with van der Waals surface area (Å²) >= 11 is 0. The van der Waals surface area contributed by atoms with E-state index in [1.54, 1.807) is 6.07 Å². The van der Waals surface area contributed by atoms with Gasteiger partial charge in [-0.2, -0.15) is 0 Å². The molecule has 2 aromatic carbocycles. The number of ether oxygens (including phenoxy) is 1. The molecule has 1 heterocycles. The predicted molar refractivity (Wildman–Crippen MR) is 100 cm³/mol. The fourth-order valence-corrected chi connectivity index (χ4v) is 2.40. The number of rotatable bonds is 7. The fourth-order valence-electron chi connectivity index (χ4n) is 2.40. The summed E-state index contributed by atoms with van der Waals surface area (Å²) in [4.78, 5) is 24.2. The minimum atomic E-state index is -0.488. The Morgan fingerprint density at radius 1 is 1.00 bits per heavy atom. The third-order valence-electron chi connectivity index (χ3n) is 3.81. The van der Waals surface area contributed by atoms with Crippen molar-refractivity contribution in [3.05, 3.63) is 94.4 Å². The summed E-state index contributed by atoms with van der Waals surface area (Å²) in [5, 5.41) is 0. The van der Waals surface area contributed by atoms with Crippen molar-refractivity contribution in [1.82, 2.24) is 9.99 Å². The Hall–Kier alpha value is -3.68. The van der Waals surface area contributed by atoms with Gasteiger partial charge in [0.15, 0.2) is 0 Å². The highest BCUT2D eigenvalue weighted by Crippen LogP contribution is 2.11. The van der Waals surface area contributed by atoms with Crippen molar-refractivity contribution in [3.8, 4) is 5.75 Å². The van der Waals surface area contributed by atoms with Gasteiger partial charge in [0.1, 0.15) is 24.0 Å². The summed E-state index contributed by atoms with van der Waals surface area (Å²) in [7, 11) is 0. The second-order valence-corrected chi connectivity index (χ2v) is 5.84. The third kappa shape index (κ3) is 5.16. The Bertz CT molecular complexity index is 1020. The smallest absolute Gasteiger partial charge is 0.271 e. The number of amides is 1. The lowest BCUT2D eigenvalue weighted by Crippen LogP contribution is -2.31. The molecule has 0 unspecified atom stereocenters. The lowest BCUT2D eigenvalue weighted by Gasteiger charge is -2.11. The van der Waals surface area contributed by atoms with Crippen molar-refractivity contribution in [2.75, 3.05) is 12.0 Å². The van der Waals surface area contributed by atoms with E-state index in [0.29, 0.717) is 11.4 Å². The van der Waals surface area contributed by atoms with Crippen molar-refractivity contribution in [1.29, 1.82) is 0 Å². The van der Waals surface area contributed by atoms with E-state index in [2.05, 4.69) is 10.9 Å². The number of hydrogen-bond acceptors (Lipinski definition) is 4. The van der Waals surface area contributed by atoms with E-state index in [-0.39, 0.29) is 30.1 Å². The maximum atomic E-state index is 13.2. The van der Waals surface area contributed by atoms with Gasteiger partial charge in [-0.05, 0) is 48.5 Å². The summed E-state index contributed by atoms with van der Waals surface area (Å²) in [5.74, 6) is -0.816. The molecule has 0 aliphatic rings. The highest BCUT2D eigenvalue weighted by molar-refractivity contribution is 5.94. The maximum absolute atomic E-state index is 13.2. The van der Waals surface area contributed by atoms with Crippen LogP contribution >= 0.6 is 0 Å².